The number of nitriles is 1. The molecule has 0 aliphatic heterocycles. The Hall–Kier alpha value is -1.99. The fraction of sp³-hybridized carbons (Fsp3) is 0.154. The molecule has 0 atom stereocenters. The molecule has 0 unspecified atom stereocenters. The fourth-order valence-corrected chi connectivity index (χ4v) is 2.32. The van der Waals surface area contributed by atoms with Crippen LogP contribution in [-0.4, -0.2) is 7.11 Å². The molecule has 0 N–H and O–H groups in total. The van der Waals surface area contributed by atoms with Gasteiger partial charge in [0.1, 0.15) is 5.75 Å². The molecule has 0 aliphatic rings. The fourth-order valence-electron chi connectivity index (χ4n) is 1.43. The van der Waals surface area contributed by atoms with Crippen LogP contribution in [-0.2, 0) is 0 Å². The normalized spacial score (nSPS) is 9.71. The monoisotopic (exact) mass is 245 g/mol. The molecule has 86 valence electrons. The van der Waals surface area contributed by atoms with Crippen LogP contribution >= 0.6 is 11.3 Å². The van der Waals surface area contributed by atoms with Gasteiger partial charge in [-0.3, -0.25) is 0 Å². The van der Waals surface area contributed by atoms with Gasteiger partial charge in [-0.05, 0) is 31.2 Å². The number of rotatable bonds is 3. The SMILES string of the molecule is COc1c(C)csc1Oc1ccc(C#N)cc1. The molecule has 0 bridgehead atoms. The molecular weight excluding hydrogens is 234 g/mol. The van der Waals surface area contributed by atoms with E-state index in [4.69, 9.17) is 14.7 Å². The average molecular weight is 245 g/mol. The van der Waals surface area contributed by atoms with E-state index < -0.39 is 0 Å². The lowest BCUT2D eigenvalue weighted by Gasteiger charge is -2.06. The predicted octanol–water partition coefficient (Wildman–Crippen LogP) is 3.73. The van der Waals surface area contributed by atoms with Crippen molar-refractivity contribution in [2.75, 3.05) is 7.11 Å². The number of methoxy groups -OCH3 is 1. The minimum atomic E-state index is 0.617. The van der Waals surface area contributed by atoms with E-state index in [1.54, 1.807) is 31.4 Å². The molecule has 0 saturated heterocycles. The summed E-state index contributed by atoms with van der Waals surface area (Å²) in [6.45, 7) is 1.97. The molecule has 0 saturated carbocycles. The van der Waals surface area contributed by atoms with Crippen LogP contribution in [0.2, 0.25) is 0 Å². The summed E-state index contributed by atoms with van der Waals surface area (Å²) in [7, 11) is 1.63. The van der Waals surface area contributed by atoms with Crippen LogP contribution in [0.3, 0.4) is 0 Å². The zero-order valence-electron chi connectivity index (χ0n) is 9.56. The summed E-state index contributed by atoms with van der Waals surface area (Å²) in [5, 5.41) is 11.4. The Balaban J connectivity index is 2.22. The second-order valence-corrected chi connectivity index (χ2v) is 4.32. The van der Waals surface area contributed by atoms with Crippen molar-refractivity contribution < 1.29 is 9.47 Å². The zero-order valence-corrected chi connectivity index (χ0v) is 10.4. The maximum atomic E-state index is 8.69. The van der Waals surface area contributed by atoms with Crippen LogP contribution in [0, 0.1) is 18.3 Å². The summed E-state index contributed by atoms with van der Waals surface area (Å²) >= 11 is 1.49. The van der Waals surface area contributed by atoms with E-state index in [9.17, 15) is 0 Å². The molecule has 2 rings (SSSR count). The number of hydrogen-bond acceptors (Lipinski definition) is 4. The van der Waals surface area contributed by atoms with Crippen molar-refractivity contribution in [1.82, 2.24) is 0 Å². The number of aryl methyl sites for hydroxylation is 1. The highest BCUT2D eigenvalue weighted by atomic mass is 32.1. The topological polar surface area (TPSA) is 42.2 Å². The maximum Gasteiger partial charge on any atom is 0.223 e. The Morgan fingerprint density at radius 3 is 2.53 bits per heavy atom. The highest BCUT2D eigenvalue weighted by Crippen LogP contribution is 2.40. The van der Waals surface area contributed by atoms with Crippen LogP contribution in [0.15, 0.2) is 29.6 Å². The quantitative estimate of drug-likeness (QED) is 0.827. The molecule has 17 heavy (non-hydrogen) atoms. The molecule has 0 fully saturated rings. The van der Waals surface area contributed by atoms with E-state index >= 15 is 0 Å². The lowest BCUT2D eigenvalue weighted by molar-refractivity contribution is 0.383. The van der Waals surface area contributed by atoms with Crippen LogP contribution in [0.1, 0.15) is 11.1 Å². The number of nitrogens with zero attached hydrogens (tertiary/aromatic N) is 1. The van der Waals surface area contributed by atoms with E-state index in [-0.39, 0.29) is 0 Å². The smallest absolute Gasteiger partial charge is 0.223 e. The third kappa shape index (κ3) is 2.40. The molecule has 0 radical (unpaired) electrons. The summed E-state index contributed by atoms with van der Waals surface area (Å²) < 4.78 is 11.0. The minimum absolute atomic E-state index is 0.617. The number of thiophene rings is 1. The van der Waals surface area contributed by atoms with Gasteiger partial charge in [-0.1, -0.05) is 0 Å². The molecule has 2 aromatic rings. The van der Waals surface area contributed by atoms with E-state index in [0.717, 1.165) is 16.4 Å². The van der Waals surface area contributed by atoms with Gasteiger partial charge in [-0.2, -0.15) is 5.26 Å². The summed E-state index contributed by atoms with van der Waals surface area (Å²) in [5.74, 6) is 1.46. The van der Waals surface area contributed by atoms with Gasteiger partial charge in [0.05, 0.1) is 18.7 Å². The average Bonchev–Trinajstić information content (AvgIpc) is 2.71. The molecule has 3 nitrogen and oxygen atoms in total. The molecular formula is C13H11NO2S. The Morgan fingerprint density at radius 2 is 1.94 bits per heavy atom. The highest BCUT2D eigenvalue weighted by molar-refractivity contribution is 7.12. The molecule has 1 aromatic heterocycles. The van der Waals surface area contributed by atoms with E-state index in [0.29, 0.717) is 11.3 Å². The van der Waals surface area contributed by atoms with Crippen molar-refractivity contribution in [3.63, 3.8) is 0 Å². The second-order valence-electron chi connectivity index (χ2n) is 3.48. The number of ether oxygens (including phenoxy) is 2. The van der Waals surface area contributed by atoms with Gasteiger partial charge >= 0.3 is 0 Å². The zero-order chi connectivity index (χ0) is 12.3. The highest BCUT2D eigenvalue weighted by Gasteiger charge is 2.11. The van der Waals surface area contributed by atoms with E-state index in [2.05, 4.69) is 6.07 Å². The largest absolute Gasteiger partial charge is 0.492 e. The number of hydrogen-bond donors (Lipinski definition) is 0. The molecule has 1 heterocycles. The second kappa shape index (κ2) is 4.89. The molecule has 4 heteroatoms. The first-order valence-electron chi connectivity index (χ1n) is 5.04. The first-order valence-corrected chi connectivity index (χ1v) is 5.92. The van der Waals surface area contributed by atoms with Crippen molar-refractivity contribution in [3.8, 4) is 22.6 Å². The Labute approximate surface area is 104 Å². The minimum Gasteiger partial charge on any atom is -0.492 e. The Bertz CT molecular complexity index is 552. The van der Waals surface area contributed by atoms with Crippen molar-refractivity contribution in [1.29, 1.82) is 5.26 Å². The molecule has 1 aromatic carbocycles. The summed E-state index contributed by atoms with van der Waals surface area (Å²) in [5.41, 5.74) is 1.67. The summed E-state index contributed by atoms with van der Waals surface area (Å²) in [6.07, 6.45) is 0. The van der Waals surface area contributed by atoms with Gasteiger partial charge in [0.15, 0.2) is 5.75 Å². The Kier molecular flexibility index (Phi) is 3.31. The standard InChI is InChI=1S/C13H11NO2S/c1-9-8-17-13(12(9)15-2)16-11-5-3-10(7-14)4-6-11/h3-6,8H,1-2H3. The van der Waals surface area contributed by atoms with E-state index in [1.165, 1.54) is 11.3 Å². The first kappa shape index (κ1) is 11.5. The molecule has 0 aliphatic carbocycles. The van der Waals surface area contributed by atoms with Crippen molar-refractivity contribution >= 4 is 11.3 Å². The van der Waals surface area contributed by atoms with Crippen LogP contribution in [0.5, 0.6) is 16.6 Å². The first-order chi connectivity index (χ1) is 8.24. The lowest BCUT2D eigenvalue weighted by Crippen LogP contribution is -1.87. The lowest BCUT2D eigenvalue weighted by atomic mass is 10.2. The van der Waals surface area contributed by atoms with Crippen LogP contribution in [0.4, 0.5) is 0 Å². The van der Waals surface area contributed by atoms with Crippen molar-refractivity contribution in [2.45, 2.75) is 6.92 Å². The van der Waals surface area contributed by atoms with Crippen molar-refractivity contribution in [3.05, 3.63) is 40.8 Å². The third-order valence-corrected chi connectivity index (χ3v) is 3.24. The molecule has 0 spiro atoms. The Morgan fingerprint density at radius 1 is 1.24 bits per heavy atom. The summed E-state index contributed by atoms with van der Waals surface area (Å²) in [4.78, 5) is 0. The summed E-state index contributed by atoms with van der Waals surface area (Å²) in [6, 6.07) is 9.06. The van der Waals surface area contributed by atoms with Gasteiger partial charge < -0.3 is 9.47 Å². The van der Waals surface area contributed by atoms with Gasteiger partial charge in [-0.25, -0.2) is 0 Å². The third-order valence-electron chi connectivity index (χ3n) is 2.28. The van der Waals surface area contributed by atoms with Crippen molar-refractivity contribution in [2.24, 2.45) is 0 Å². The van der Waals surface area contributed by atoms with Gasteiger partial charge in [0.25, 0.3) is 0 Å². The maximum absolute atomic E-state index is 8.69. The molecule has 0 amide bonds. The van der Waals surface area contributed by atoms with E-state index in [1.807, 2.05) is 12.3 Å². The van der Waals surface area contributed by atoms with Crippen LogP contribution < -0.4 is 9.47 Å². The predicted molar refractivity (Wildman–Crippen MR) is 66.8 cm³/mol. The van der Waals surface area contributed by atoms with Gasteiger partial charge in [0, 0.05) is 10.9 Å². The van der Waals surface area contributed by atoms with Gasteiger partial charge in [0.2, 0.25) is 5.06 Å². The van der Waals surface area contributed by atoms with Gasteiger partial charge in [-0.15, -0.1) is 11.3 Å². The van der Waals surface area contributed by atoms with Crippen LogP contribution in [0.25, 0.3) is 0 Å². The number of benzene rings is 1.